The van der Waals surface area contributed by atoms with Gasteiger partial charge in [-0.2, -0.15) is 13.2 Å². The van der Waals surface area contributed by atoms with Crippen LogP contribution in [0.25, 0.3) is 11.2 Å². The van der Waals surface area contributed by atoms with Crippen LogP contribution in [0.3, 0.4) is 0 Å². The Morgan fingerprint density at radius 2 is 1.95 bits per heavy atom. The van der Waals surface area contributed by atoms with E-state index in [4.69, 9.17) is 4.74 Å². The van der Waals surface area contributed by atoms with Crippen molar-refractivity contribution in [3.05, 3.63) is 12.7 Å². The number of H-pyrrole nitrogens is 1. The zero-order valence-corrected chi connectivity index (χ0v) is 11.3. The molecule has 1 aliphatic heterocycles. The highest BCUT2D eigenvalue weighted by Crippen LogP contribution is 2.42. The molecule has 1 fully saturated rings. The molecule has 0 radical (unpaired) electrons. The Kier molecular flexibility index (Phi) is 3.23. The van der Waals surface area contributed by atoms with Crippen molar-refractivity contribution in [3.63, 3.8) is 0 Å². The largest absolute Gasteiger partial charge is 0.417 e. The lowest BCUT2D eigenvalue weighted by molar-refractivity contribution is -0.276. The molecule has 0 aromatic carbocycles. The first-order chi connectivity index (χ1) is 9.97. The summed E-state index contributed by atoms with van der Waals surface area (Å²) in [6.45, 7) is 0.414. The molecular weight excluding hydrogens is 287 g/mol. The molecule has 0 aliphatic carbocycles. The van der Waals surface area contributed by atoms with Gasteiger partial charge < -0.3 is 14.6 Å². The quantitative estimate of drug-likeness (QED) is 0.917. The van der Waals surface area contributed by atoms with E-state index in [1.54, 1.807) is 4.90 Å². The van der Waals surface area contributed by atoms with Gasteiger partial charge in [-0.1, -0.05) is 0 Å². The molecule has 2 aromatic rings. The number of nitrogens with one attached hydrogen (secondary N) is 1. The molecule has 0 amide bonds. The highest BCUT2D eigenvalue weighted by Gasteiger charge is 2.56. The molecule has 1 saturated heterocycles. The second kappa shape index (κ2) is 4.83. The van der Waals surface area contributed by atoms with Crippen LogP contribution in [0.5, 0.6) is 0 Å². The third-order valence-corrected chi connectivity index (χ3v) is 3.98. The maximum Gasteiger partial charge on any atom is 0.417 e. The van der Waals surface area contributed by atoms with Crippen molar-refractivity contribution in [2.24, 2.45) is 0 Å². The molecule has 0 saturated carbocycles. The fourth-order valence-corrected chi connectivity index (χ4v) is 2.68. The lowest BCUT2D eigenvalue weighted by atomic mass is 9.90. The summed E-state index contributed by atoms with van der Waals surface area (Å²) in [4.78, 5) is 16.9. The van der Waals surface area contributed by atoms with Crippen LogP contribution >= 0.6 is 0 Å². The number of hydrogen-bond acceptors (Lipinski definition) is 5. The molecule has 1 N–H and O–H groups in total. The predicted molar refractivity (Wildman–Crippen MR) is 68.9 cm³/mol. The van der Waals surface area contributed by atoms with Crippen LogP contribution in [0, 0.1) is 0 Å². The summed E-state index contributed by atoms with van der Waals surface area (Å²) < 4.78 is 44.2. The summed E-state index contributed by atoms with van der Waals surface area (Å²) in [5.74, 6) is 0.573. The summed E-state index contributed by atoms with van der Waals surface area (Å²) in [7, 11) is 1.11. The first-order valence-corrected chi connectivity index (χ1v) is 6.48. The van der Waals surface area contributed by atoms with Crippen molar-refractivity contribution in [2.75, 3.05) is 25.1 Å². The Labute approximate surface area is 118 Å². The van der Waals surface area contributed by atoms with Crippen LogP contribution in [0.2, 0.25) is 0 Å². The molecular formula is C12H14F3N5O. The van der Waals surface area contributed by atoms with Crippen LogP contribution in [-0.4, -0.2) is 51.9 Å². The third-order valence-electron chi connectivity index (χ3n) is 3.98. The SMILES string of the molecule is COC1(C(F)(F)F)CCN(c2ncnc3nc[nH]c23)CC1. The molecule has 0 bridgehead atoms. The van der Waals surface area contributed by atoms with Gasteiger partial charge in [0.05, 0.1) is 6.33 Å². The van der Waals surface area contributed by atoms with Gasteiger partial charge >= 0.3 is 6.18 Å². The van der Waals surface area contributed by atoms with E-state index in [2.05, 4.69) is 19.9 Å². The molecule has 114 valence electrons. The number of fused-ring (bicyclic) bond motifs is 1. The Hall–Kier alpha value is -1.90. The number of hydrogen-bond donors (Lipinski definition) is 1. The van der Waals surface area contributed by atoms with Crippen LogP contribution in [0.4, 0.5) is 19.0 Å². The average Bonchev–Trinajstić information content (AvgIpc) is 2.94. The monoisotopic (exact) mass is 301 g/mol. The molecule has 0 spiro atoms. The van der Waals surface area contributed by atoms with E-state index < -0.39 is 11.8 Å². The summed E-state index contributed by atoms with van der Waals surface area (Å²) in [6.07, 6.45) is -1.79. The number of aromatic nitrogens is 4. The average molecular weight is 301 g/mol. The third kappa shape index (κ3) is 2.21. The van der Waals surface area contributed by atoms with Crippen molar-refractivity contribution in [2.45, 2.75) is 24.6 Å². The first-order valence-electron chi connectivity index (χ1n) is 6.48. The van der Waals surface area contributed by atoms with Crippen molar-refractivity contribution < 1.29 is 17.9 Å². The number of rotatable bonds is 2. The fourth-order valence-electron chi connectivity index (χ4n) is 2.68. The highest BCUT2D eigenvalue weighted by atomic mass is 19.4. The van der Waals surface area contributed by atoms with Gasteiger partial charge in [0, 0.05) is 33.0 Å². The number of piperidine rings is 1. The lowest BCUT2D eigenvalue weighted by Gasteiger charge is -2.42. The van der Waals surface area contributed by atoms with E-state index in [1.807, 2.05) is 0 Å². The molecule has 9 heteroatoms. The topological polar surface area (TPSA) is 66.9 Å². The van der Waals surface area contributed by atoms with Gasteiger partial charge in [-0.05, 0) is 0 Å². The Morgan fingerprint density at radius 1 is 1.24 bits per heavy atom. The van der Waals surface area contributed by atoms with Gasteiger partial charge in [-0.25, -0.2) is 15.0 Å². The predicted octanol–water partition coefficient (Wildman–Crippen LogP) is 1.90. The summed E-state index contributed by atoms with van der Waals surface area (Å²) in [5, 5.41) is 0. The van der Waals surface area contributed by atoms with Crippen LogP contribution in [-0.2, 0) is 4.74 Å². The number of aromatic amines is 1. The number of ether oxygens (including phenoxy) is 1. The van der Waals surface area contributed by atoms with E-state index in [0.717, 1.165) is 7.11 Å². The standard InChI is InChI=1S/C12H14F3N5O/c1-21-11(12(13,14)15)2-4-20(5-3-11)10-8-9(17-6-16-8)18-7-19-10/h6-7H,2-5H2,1H3,(H,16,17,18,19). The number of alkyl halides is 3. The second-order valence-corrected chi connectivity index (χ2v) is 4.98. The van der Waals surface area contributed by atoms with E-state index in [1.165, 1.54) is 12.7 Å². The van der Waals surface area contributed by atoms with Crippen molar-refractivity contribution in [1.82, 2.24) is 19.9 Å². The number of nitrogens with zero attached hydrogens (tertiary/aromatic N) is 4. The maximum atomic E-state index is 13.1. The van der Waals surface area contributed by atoms with Crippen molar-refractivity contribution in [1.29, 1.82) is 0 Å². The number of anilines is 1. The highest BCUT2D eigenvalue weighted by molar-refractivity contribution is 5.82. The zero-order chi connectivity index (χ0) is 15.1. The Balaban J connectivity index is 1.84. The normalized spacial score (nSPS) is 19.1. The molecule has 6 nitrogen and oxygen atoms in total. The molecule has 0 unspecified atom stereocenters. The van der Waals surface area contributed by atoms with Gasteiger partial charge in [-0.3, -0.25) is 0 Å². The zero-order valence-electron chi connectivity index (χ0n) is 11.3. The second-order valence-electron chi connectivity index (χ2n) is 4.98. The van der Waals surface area contributed by atoms with Gasteiger partial charge in [0.1, 0.15) is 11.8 Å². The minimum Gasteiger partial charge on any atom is -0.369 e. The fraction of sp³-hybridized carbons (Fsp3) is 0.583. The minimum absolute atomic E-state index is 0.132. The Morgan fingerprint density at radius 3 is 2.57 bits per heavy atom. The van der Waals surface area contributed by atoms with Crippen LogP contribution < -0.4 is 4.90 Å². The molecule has 3 rings (SSSR count). The van der Waals surface area contributed by atoms with E-state index in [9.17, 15) is 13.2 Å². The number of halogens is 3. The Bertz CT molecular complexity index is 633. The molecule has 3 heterocycles. The van der Waals surface area contributed by atoms with E-state index >= 15 is 0 Å². The van der Waals surface area contributed by atoms with Gasteiger partial charge in [-0.15, -0.1) is 0 Å². The summed E-state index contributed by atoms with van der Waals surface area (Å²) >= 11 is 0. The van der Waals surface area contributed by atoms with Gasteiger partial charge in [0.15, 0.2) is 17.1 Å². The smallest absolute Gasteiger partial charge is 0.369 e. The molecule has 2 aromatic heterocycles. The van der Waals surface area contributed by atoms with Gasteiger partial charge in [0.2, 0.25) is 0 Å². The van der Waals surface area contributed by atoms with E-state index in [0.29, 0.717) is 17.0 Å². The first kappa shape index (κ1) is 14.1. The van der Waals surface area contributed by atoms with Crippen molar-refractivity contribution >= 4 is 17.0 Å². The number of methoxy groups -OCH3 is 1. The van der Waals surface area contributed by atoms with Crippen molar-refractivity contribution in [3.8, 4) is 0 Å². The molecule has 0 atom stereocenters. The molecule has 21 heavy (non-hydrogen) atoms. The van der Waals surface area contributed by atoms with Crippen LogP contribution in [0.15, 0.2) is 12.7 Å². The van der Waals surface area contributed by atoms with E-state index in [-0.39, 0.29) is 25.9 Å². The summed E-state index contributed by atoms with van der Waals surface area (Å²) in [5.41, 5.74) is -0.933. The maximum absolute atomic E-state index is 13.1. The van der Waals surface area contributed by atoms with Crippen LogP contribution in [0.1, 0.15) is 12.8 Å². The number of imidazole rings is 1. The minimum atomic E-state index is -4.37. The lowest BCUT2D eigenvalue weighted by Crippen LogP contribution is -2.54. The molecule has 1 aliphatic rings. The summed E-state index contributed by atoms with van der Waals surface area (Å²) in [6, 6.07) is 0. The van der Waals surface area contributed by atoms with Gasteiger partial charge in [0.25, 0.3) is 0 Å².